The highest BCUT2D eigenvalue weighted by atomic mass is 16.5. The third-order valence-electron chi connectivity index (χ3n) is 7.01. The van der Waals surface area contributed by atoms with E-state index in [1.807, 2.05) is 41.1 Å². The standard InChI is InChI=1S/C28H32N4O5/c1-15(2)26-25(17-8-10-22(35-4)24(14-17)37-6)28-30-29-27-19(32(28)31-26)11-18(12-20(27)33)16-7-9-21(34-3)23(13-16)36-5/h7-10,13-15,18,29-30H,11-12H2,1-6H3. The summed E-state index contributed by atoms with van der Waals surface area (Å²) in [5.74, 6) is 3.55. The van der Waals surface area contributed by atoms with Crippen molar-refractivity contribution in [1.82, 2.24) is 15.2 Å². The van der Waals surface area contributed by atoms with Gasteiger partial charge >= 0.3 is 0 Å². The molecule has 2 aromatic carbocycles. The molecule has 0 spiro atoms. The van der Waals surface area contributed by atoms with Gasteiger partial charge in [-0.05, 0) is 53.6 Å². The van der Waals surface area contributed by atoms with Crippen LogP contribution < -0.4 is 29.8 Å². The number of carbonyl (C=O) groups excluding carboxylic acids is 1. The van der Waals surface area contributed by atoms with Crippen LogP contribution in [0.25, 0.3) is 16.8 Å². The lowest BCUT2D eigenvalue weighted by Crippen LogP contribution is -2.37. The van der Waals surface area contributed by atoms with Crippen LogP contribution in [0.2, 0.25) is 0 Å². The quantitative estimate of drug-likeness (QED) is 0.467. The van der Waals surface area contributed by atoms with Gasteiger partial charge in [0, 0.05) is 12.0 Å². The number of benzene rings is 2. The molecule has 2 heterocycles. The fraction of sp³-hybridized carbons (Fsp3) is 0.357. The highest BCUT2D eigenvalue weighted by Gasteiger charge is 2.36. The van der Waals surface area contributed by atoms with Crippen molar-refractivity contribution >= 4 is 17.3 Å². The molecular weight excluding hydrogens is 472 g/mol. The molecule has 9 nitrogen and oxygen atoms in total. The number of hydrazine groups is 1. The number of allylic oxidation sites excluding steroid dienone is 2. The minimum Gasteiger partial charge on any atom is -0.493 e. The van der Waals surface area contributed by atoms with Crippen molar-refractivity contribution in [3.63, 3.8) is 0 Å². The first-order valence-corrected chi connectivity index (χ1v) is 12.3. The van der Waals surface area contributed by atoms with Gasteiger partial charge in [0.25, 0.3) is 0 Å². The van der Waals surface area contributed by atoms with Crippen molar-refractivity contribution in [3.8, 4) is 34.1 Å². The van der Waals surface area contributed by atoms with Crippen LogP contribution in [0.5, 0.6) is 23.0 Å². The van der Waals surface area contributed by atoms with E-state index < -0.39 is 0 Å². The first-order valence-electron chi connectivity index (χ1n) is 12.3. The molecule has 0 amide bonds. The summed E-state index contributed by atoms with van der Waals surface area (Å²) < 4.78 is 23.8. The summed E-state index contributed by atoms with van der Waals surface area (Å²) in [7, 11) is 6.47. The normalized spacial score (nSPS) is 16.5. The van der Waals surface area contributed by atoms with Crippen LogP contribution >= 0.6 is 0 Å². The first-order chi connectivity index (χ1) is 17.9. The molecule has 0 bridgehead atoms. The molecule has 0 saturated heterocycles. The second-order valence-corrected chi connectivity index (χ2v) is 9.46. The maximum absolute atomic E-state index is 13.3. The number of rotatable bonds is 7. The van der Waals surface area contributed by atoms with Gasteiger partial charge in [-0.15, -0.1) is 0 Å². The number of methoxy groups -OCH3 is 4. The van der Waals surface area contributed by atoms with Crippen molar-refractivity contribution in [3.05, 3.63) is 53.4 Å². The molecule has 0 saturated carbocycles. The fourth-order valence-corrected chi connectivity index (χ4v) is 5.12. The zero-order valence-corrected chi connectivity index (χ0v) is 22.0. The fourth-order valence-electron chi connectivity index (χ4n) is 5.12. The molecule has 37 heavy (non-hydrogen) atoms. The molecule has 2 aliphatic rings. The number of fused-ring (bicyclic) bond motifs is 2. The number of nitrogens with zero attached hydrogens (tertiary/aromatic N) is 2. The number of ether oxygens (including phenoxy) is 4. The van der Waals surface area contributed by atoms with Gasteiger partial charge < -0.3 is 18.9 Å². The average Bonchev–Trinajstić information content (AvgIpc) is 3.32. The molecule has 3 aromatic rings. The Labute approximate surface area is 216 Å². The van der Waals surface area contributed by atoms with Crippen molar-refractivity contribution in [2.24, 2.45) is 0 Å². The highest BCUT2D eigenvalue weighted by molar-refractivity contribution is 6.03. The zero-order chi connectivity index (χ0) is 26.3. The SMILES string of the molecule is COc1ccc(-c2c(C(C)C)nn3c2NNC2=C3CC(c3ccc(OC)c(OC)c3)CC2=O)cc1OC. The highest BCUT2D eigenvalue weighted by Crippen LogP contribution is 2.45. The van der Waals surface area contributed by atoms with E-state index in [0.717, 1.165) is 33.9 Å². The van der Waals surface area contributed by atoms with E-state index in [1.54, 1.807) is 28.4 Å². The summed E-state index contributed by atoms with van der Waals surface area (Å²) in [6.07, 6.45) is 1.03. The van der Waals surface area contributed by atoms with Crippen molar-refractivity contribution in [2.75, 3.05) is 33.9 Å². The molecule has 194 valence electrons. The Morgan fingerprint density at radius 3 is 2.16 bits per heavy atom. The van der Waals surface area contributed by atoms with Crippen molar-refractivity contribution < 1.29 is 23.7 Å². The Hall–Kier alpha value is -4.14. The Morgan fingerprint density at radius 2 is 1.51 bits per heavy atom. The lowest BCUT2D eigenvalue weighted by atomic mass is 9.83. The van der Waals surface area contributed by atoms with Crippen molar-refractivity contribution in [1.29, 1.82) is 0 Å². The van der Waals surface area contributed by atoms with E-state index >= 15 is 0 Å². The summed E-state index contributed by atoms with van der Waals surface area (Å²) in [6.45, 7) is 4.22. The van der Waals surface area contributed by atoms with Gasteiger partial charge in [0.2, 0.25) is 0 Å². The predicted octanol–water partition coefficient (Wildman–Crippen LogP) is 4.95. The topological polar surface area (TPSA) is 95.9 Å². The van der Waals surface area contributed by atoms with Gasteiger partial charge in [-0.1, -0.05) is 26.0 Å². The number of anilines is 1. The van der Waals surface area contributed by atoms with E-state index in [-0.39, 0.29) is 17.6 Å². The van der Waals surface area contributed by atoms with Crippen LogP contribution in [0.3, 0.4) is 0 Å². The first kappa shape index (κ1) is 24.5. The monoisotopic (exact) mass is 504 g/mol. The number of ketones is 1. The number of nitrogens with one attached hydrogen (secondary N) is 2. The van der Waals surface area contributed by atoms with E-state index in [1.165, 1.54) is 0 Å². The van der Waals surface area contributed by atoms with Crippen LogP contribution in [0.1, 0.15) is 49.8 Å². The molecule has 9 heteroatoms. The van der Waals surface area contributed by atoms with Gasteiger partial charge in [0.05, 0.1) is 39.8 Å². The molecule has 1 aromatic heterocycles. The molecule has 0 fully saturated rings. The Kier molecular flexibility index (Phi) is 6.45. The van der Waals surface area contributed by atoms with Gasteiger partial charge in [-0.25, -0.2) is 4.68 Å². The third-order valence-corrected chi connectivity index (χ3v) is 7.01. The van der Waals surface area contributed by atoms with Crippen molar-refractivity contribution in [2.45, 2.75) is 38.5 Å². The molecule has 1 aliphatic carbocycles. The zero-order valence-electron chi connectivity index (χ0n) is 22.0. The average molecular weight is 505 g/mol. The smallest absolute Gasteiger partial charge is 0.182 e. The van der Waals surface area contributed by atoms with Gasteiger partial charge in [0.15, 0.2) is 34.6 Å². The van der Waals surface area contributed by atoms with Gasteiger partial charge in [0.1, 0.15) is 5.70 Å². The largest absolute Gasteiger partial charge is 0.493 e. The van der Waals surface area contributed by atoms with Gasteiger partial charge in [-0.2, -0.15) is 5.10 Å². The van der Waals surface area contributed by atoms with Crippen LogP contribution in [0.4, 0.5) is 5.82 Å². The molecule has 2 N–H and O–H groups in total. The summed E-state index contributed by atoms with van der Waals surface area (Å²) in [5.41, 5.74) is 11.7. The number of aromatic nitrogens is 2. The van der Waals surface area contributed by atoms with E-state index in [2.05, 4.69) is 24.7 Å². The molecule has 0 radical (unpaired) electrons. The van der Waals surface area contributed by atoms with Crippen LogP contribution in [-0.4, -0.2) is 44.0 Å². The van der Waals surface area contributed by atoms with Crippen LogP contribution in [0.15, 0.2) is 42.1 Å². The predicted molar refractivity (Wildman–Crippen MR) is 141 cm³/mol. The number of hydrogen-bond donors (Lipinski definition) is 2. The minimum atomic E-state index is -0.0185. The Balaban J connectivity index is 1.59. The number of carbonyl (C=O) groups is 1. The molecule has 1 aliphatic heterocycles. The van der Waals surface area contributed by atoms with E-state index in [0.29, 0.717) is 41.5 Å². The second-order valence-electron chi connectivity index (χ2n) is 9.46. The lowest BCUT2D eigenvalue weighted by molar-refractivity contribution is -0.116. The number of Topliss-reactive ketones (excluding diaryl/α,β-unsaturated/α-hetero) is 1. The summed E-state index contributed by atoms with van der Waals surface area (Å²) >= 11 is 0. The van der Waals surface area contributed by atoms with E-state index in [9.17, 15) is 4.79 Å². The molecule has 1 unspecified atom stereocenters. The van der Waals surface area contributed by atoms with Crippen LogP contribution in [0, 0.1) is 0 Å². The third kappa shape index (κ3) is 4.14. The molecule has 5 rings (SSSR count). The Morgan fingerprint density at radius 1 is 0.865 bits per heavy atom. The van der Waals surface area contributed by atoms with Crippen LogP contribution in [-0.2, 0) is 4.79 Å². The summed E-state index contributed by atoms with van der Waals surface area (Å²) in [6, 6.07) is 11.7. The number of hydrogen-bond acceptors (Lipinski definition) is 8. The summed E-state index contributed by atoms with van der Waals surface area (Å²) in [4.78, 5) is 13.3. The Bertz CT molecular complexity index is 1390. The maximum Gasteiger partial charge on any atom is 0.182 e. The minimum absolute atomic E-state index is 0.0185. The lowest BCUT2D eigenvalue weighted by Gasteiger charge is -2.31. The molecular formula is C28H32N4O5. The summed E-state index contributed by atoms with van der Waals surface area (Å²) in [5, 5.41) is 5.02. The second kappa shape index (κ2) is 9.72. The van der Waals surface area contributed by atoms with Gasteiger partial charge in [-0.3, -0.25) is 15.6 Å². The van der Waals surface area contributed by atoms with E-state index in [4.69, 9.17) is 24.0 Å². The maximum atomic E-state index is 13.3. The molecule has 1 atom stereocenters.